The summed E-state index contributed by atoms with van der Waals surface area (Å²) in [7, 11) is 0. The molecule has 5 heteroatoms. The molecule has 86 valence electrons. The van der Waals surface area contributed by atoms with Crippen molar-refractivity contribution >= 4 is 38.7 Å². The van der Waals surface area contributed by atoms with Crippen molar-refractivity contribution in [3.05, 3.63) is 29.0 Å². The summed E-state index contributed by atoms with van der Waals surface area (Å²) in [6, 6.07) is 3.99. The smallest absolute Gasteiger partial charge is 0.142 e. The first-order chi connectivity index (χ1) is 7.83. The topological polar surface area (TPSA) is 27.1 Å². The number of aromatic nitrogens is 2. The fourth-order valence-electron chi connectivity index (χ4n) is 1.47. The highest BCUT2D eigenvalue weighted by molar-refractivity contribution is 9.10. The van der Waals surface area contributed by atoms with E-state index in [-0.39, 0.29) is 0 Å². The molecule has 0 N–H and O–H groups in total. The molecule has 0 amide bonds. The minimum atomic E-state index is 0.563. The first-order valence-electron chi connectivity index (χ1n) is 4.99. The molecule has 0 spiro atoms. The molecule has 0 saturated heterocycles. The second-order valence-corrected chi connectivity index (χ2v) is 5.19. The van der Waals surface area contributed by atoms with Gasteiger partial charge in [-0.1, -0.05) is 0 Å². The van der Waals surface area contributed by atoms with E-state index in [2.05, 4.69) is 27.2 Å². The van der Waals surface area contributed by atoms with E-state index < -0.39 is 0 Å². The summed E-state index contributed by atoms with van der Waals surface area (Å²) in [6.07, 6.45) is 5.87. The van der Waals surface area contributed by atoms with Gasteiger partial charge in [0.2, 0.25) is 0 Å². The van der Waals surface area contributed by atoms with Crippen molar-refractivity contribution in [2.75, 3.05) is 18.6 Å². The van der Waals surface area contributed by atoms with Gasteiger partial charge in [0.15, 0.2) is 0 Å². The van der Waals surface area contributed by atoms with Gasteiger partial charge in [0.1, 0.15) is 12.4 Å². The summed E-state index contributed by atoms with van der Waals surface area (Å²) < 4.78 is 8.64. The van der Waals surface area contributed by atoms with Crippen LogP contribution in [0.4, 0.5) is 0 Å². The Morgan fingerprint density at radius 1 is 1.50 bits per heavy atom. The van der Waals surface area contributed by atoms with Crippen LogP contribution >= 0.6 is 27.7 Å². The van der Waals surface area contributed by atoms with Gasteiger partial charge in [-0.05, 0) is 34.3 Å². The van der Waals surface area contributed by atoms with E-state index in [1.54, 1.807) is 18.0 Å². The standard InChI is InChI=1S/C11H13BrN2OS/c1-16-7-6-15-8-14-5-3-9-10(12)2-4-13-11(9)14/h2-5H,6-8H2,1H3. The Balaban J connectivity index is 2.10. The second-order valence-electron chi connectivity index (χ2n) is 3.35. The molecule has 0 aromatic carbocycles. The molecule has 0 atom stereocenters. The molecule has 2 rings (SSSR count). The van der Waals surface area contributed by atoms with Gasteiger partial charge in [-0.3, -0.25) is 0 Å². The SMILES string of the molecule is CSCCOCn1ccc2c(Br)ccnc21. The number of halogens is 1. The molecule has 3 nitrogen and oxygen atoms in total. The predicted molar refractivity (Wildman–Crippen MR) is 71.8 cm³/mol. The molecule has 2 aromatic heterocycles. The molecular weight excluding hydrogens is 288 g/mol. The van der Waals surface area contributed by atoms with Crippen LogP contribution in [-0.4, -0.2) is 28.2 Å². The van der Waals surface area contributed by atoms with Gasteiger partial charge in [-0.25, -0.2) is 4.98 Å². The van der Waals surface area contributed by atoms with Crippen molar-refractivity contribution in [1.29, 1.82) is 0 Å². The Bertz CT molecular complexity index is 472. The average Bonchev–Trinajstić information content (AvgIpc) is 2.70. The van der Waals surface area contributed by atoms with Crippen LogP contribution in [0.3, 0.4) is 0 Å². The lowest BCUT2D eigenvalue weighted by atomic mass is 10.3. The van der Waals surface area contributed by atoms with Gasteiger partial charge in [-0.15, -0.1) is 0 Å². The van der Waals surface area contributed by atoms with E-state index in [0.29, 0.717) is 6.73 Å². The van der Waals surface area contributed by atoms with Crippen LogP contribution in [0.25, 0.3) is 11.0 Å². The lowest BCUT2D eigenvalue weighted by Crippen LogP contribution is -2.04. The van der Waals surface area contributed by atoms with Crippen LogP contribution in [0.5, 0.6) is 0 Å². The molecule has 0 aliphatic rings. The number of thioether (sulfide) groups is 1. The number of pyridine rings is 1. The molecule has 0 fully saturated rings. The van der Waals surface area contributed by atoms with Gasteiger partial charge in [-0.2, -0.15) is 11.8 Å². The van der Waals surface area contributed by atoms with Crippen LogP contribution in [0.15, 0.2) is 29.0 Å². The molecule has 0 aliphatic carbocycles. The number of ether oxygens (including phenoxy) is 1. The Labute approximate surface area is 107 Å². The highest BCUT2D eigenvalue weighted by atomic mass is 79.9. The third-order valence-corrected chi connectivity index (χ3v) is 3.54. The summed E-state index contributed by atoms with van der Waals surface area (Å²) in [5.74, 6) is 1.02. The first-order valence-corrected chi connectivity index (χ1v) is 7.17. The molecule has 2 aromatic rings. The van der Waals surface area contributed by atoms with E-state index in [0.717, 1.165) is 27.9 Å². The quantitative estimate of drug-likeness (QED) is 0.794. The van der Waals surface area contributed by atoms with Crippen molar-refractivity contribution < 1.29 is 4.74 Å². The van der Waals surface area contributed by atoms with Crippen molar-refractivity contribution in [2.24, 2.45) is 0 Å². The Hall–Kier alpha value is -0.520. The summed E-state index contributed by atoms with van der Waals surface area (Å²) >= 11 is 5.29. The number of hydrogen-bond acceptors (Lipinski definition) is 3. The van der Waals surface area contributed by atoms with Gasteiger partial charge >= 0.3 is 0 Å². The highest BCUT2D eigenvalue weighted by Crippen LogP contribution is 2.22. The molecule has 0 saturated carbocycles. The van der Waals surface area contributed by atoms with Crippen molar-refractivity contribution in [1.82, 2.24) is 9.55 Å². The molecule has 0 unspecified atom stereocenters. The number of fused-ring (bicyclic) bond motifs is 1. The maximum Gasteiger partial charge on any atom is 0.142 e. The third-order valence-electron chi connectivity index (χ3n) is 2.27. The zero-order valence-corrected chi connectivity index (χ0v) is 11.4. The Morgan fingerprint density at radius 2 is 2.38 bits per heavy atom. The molecule has 2 heterocycles. The van der Waals surface area contributed by atoms with E-state index in [4.69, 9.17) is 4.74 Å². The minimum Gasteiger partial charge on any atom is -0.360 e. The molecular formula is C11H13BrN2OS. The maximum atomic E-state index is 5.55. The molecule has 0 aliphatic heterocycles. The van der Waals surface area contributed by atoms with Crippen molar-refractivity contribution in [3.63, 3.8) is 0 Å². The fraction of sp³-hybridized carbons (Fsp3) is 0.364. The molecule has 0 radical (unpaired) electrons. The van der Waals surface area contributed by atoms with Crippen LogP contribution in [0.1, 0.15) is 0 Å². The zero-order valence-electron chi connectivity index (χ0n) is 9.02. The monoisotopic (exact) mass is 300 g/mol. The second kappa shape index (κ2) is 5.70. The first kappa shape index (κ1) is 12.0. The largest absolute Gasteiger partial charge is 0.360 e. The average molecular weight is 301 g/mol. The van der Waals surface area contributed by atoms with E-state index in [1.165, 1.54) is 0 Å². The maximum absolute atomic E-state index is 5.55. The lowest BCUT2D eigenvalue weighted by molar-refractivity contribution is 0.0927. The van der Waals surface area contributed by atoms with E-state index in [1.807, 2.05) is 22.9 Å². The van der Waals surface area contributed by atoms with Crippen molar-refractivity contribution in [2.45, 2.75) is 6.73 Å². The third kappa shape index (κ3) is 2.59. The zero-order chi connectivity index (χ0) is 11.4. The Kier molecular flexibility index (Phi) is 4.26. The van der Waals surface area contributed by atoms with Crippen LogP contribution in [0.2, 0.25) is 0 Å². The van der Waals surface area contributed by atoms with Gasteiger partial charge in [0, 0.05) is 28.0 Å². The van der Waals surface area contributed by atoms with Crippen LogP contribution < -0.4 is 0 Å². The number of rotatable bonds is 5. The minimum absolute atomic E-state index is 0.563. The van der Waals surface area contributed by atoms with E-state index >= 15 is 0 Å². The summed E-state index contributed by atoms with van der Waals surface area (Å²) in [4.78, 5) is 4.35. The van der Waals surface area contributed by atoms with Crippen LogP contribution in [0, 0.1) is 0 Å². The van der Waals surface area contributed by atoms with Crippen molar-refractivity contribution in [3.8, 4) is 0 Å². The lowest BCUT2D eigenvalue weighted by Gasteiger charge is -2.05. The number of nitrogens with zero attached hydrogens (tertiary/aromatic N) is 2. The number of hydrogen-bond donors (Lipinski definition) is 0. The van der Waals surface area contributed by atoms with Gasteiger partial charge in [0.05, 0.1) is 6.61 Å². The fourth-order valence-corrected chi connectivity index (χ4v) is 2.18. The molecule has 0 bridgehead atoms. The van der Waals surface area contributed by atoms with E-state index in [9.17, 15) is 0 Å². The normalized spacial score (nSPS) is 11.1. The summed E-state index contributed by atoms with van der Waals surface area (Å²) in [5.41, 5.74) is 0.957. The molecule has 16 heavy (non-hydrogen) atoms. The predicted octanol–water partition coefficient (Wildman–Crippen LogP) is 3.14. The van der Waals surface area contributed by atoms with Gasteiger partial charge < -0.3 is 9.30 Å². The highest BCUT2D eigenvalue weighted by Gasteiger charge is 2.04. The Morgan fingerprint density at radius 3 is 3.19 bits per heavy atom. The summed E-state index contributed by atoms with van der Waals surface area (Å²) in [5, 5.41) is 1.12. The summed E-state index contributed by atoms with van der Waals surface area (Å²) in [6.45, 7) is 1.34. The van der Waals surface area contributed by atoms with Crippen LogP contribution in [-0.2, 0) is 11.5 Å². The van der Waals surface area contributed by atoms with Gasteiger partial charge in [0.25, 0.3) is 0 Å².